The quantitative estimate of drug-likeness (QED) is 0.383. The van der Waals surface area contributed by atoms with Crippen LogP contribution >= 0.6 is 0 Å². The molecule has 0 radical (unpaired) electrons. The summed E-state index contributed by atoms with van der Waals surface area (Å²) < 4.78 is 11.4. The van der Waals surface area contributed by atoms with Crippen molar-refractivity contribution in [1.82, 2.24) is 10.2 Å². The van der Waals surface area contributed by atoms with Crippen LogP contribution in [0.3, 0.4) is 0 Å². The molecule has 1 N–H and O–H groups in total. The van der Waals surface area contributed by atoms with Crippen LogP contribution < -0.4 is 14.8 Å². The lowest BCUT2D eigenvalue weighted by Gasteiger charge is -2.32. The van der Waals surface area contributed by atoms with E-state index in [2.05, 4.69) is 5.32 Å². The zero-order valence-electron chi connectivity index (χ0n) is 19.2. The molecular formula is C25H25N3O7. The summed E-state index contributed by atoms with van der Waals surface area (Å²) in [6.45, 7) is 2.77. The monoisotopic (exact) mass is 479 g/mol. The molecule has 0 aromatic heterocycles. The molecule has 2 aliphatic heterocycles. The molecule has 0 saturated heterocycles. The average molecular weight is 479 g/mol. The van der Waals surface area contributed by atoms with Gasteiger partial charge in [0.05, 0.1) is 10.5 Å². The van der Waals surface area contributed by atoms with Crippen LogP contribution in [0.15, 0.2) is 36.4 Å². The van der Waals surface area contributed by atoms with Gasteiger partial charge in [-0.05, 0) is 43.5 Å². The van der Waals surface area contributed by atoms with Gasteiger partial charge in [-0.3, -0.25) is 29.4 Å². The molecule has 1 unspecified atom stereocenters. The Morgan fingerprint density at radius 1 is 1.11 bits per heavy atom. The molecule has 1 aliphatic carbocycles. The number of ether oxygens (including phenoxy) is 2. The smallest absolute Gasteiger partial charge is 0.282 e. The largest absolute Gasteiger partial charge is 0.486 e. The highest BCUT2D eigenvalue weighted by Crippen LogP contribution is 2.44. The van der Waals surface area contributed by atoms with Gasteiger partial charge in [0.15, 0.2) is 11.5 Å². The van der Waals surface area contributed by atoms with E-state index >= 15 is 0 Å². The van der Waals surface area contributed by atoms with E-state index in [0.717, 1.165) is 36.1 Å². The topological polar surface area (TPSA) is 128 Å². The number of carbonyl (C=O) groups is 3. The van der Waals surface area contributed by atoms with E-state index in [1.807, 2.05) is 18.2 Å². The van der Waals surface area contributed by atoms with Crippen LogP contribution in [0.25, 0.3) is 0 Å². The molecule has 0 spiro atoms. The third-order valence-electron chi connectivity index (χ3n) is 7.20. The molecule has 2 aromatic carbocycles. The maximum absolute atomic E-state index is 13.1. The van der Waals surface area contributed by atoms with Gasteiger partial charge in [0, 0.05) is 18.0 Å². The normalized spacial score (nSPS) is 18.8. The van der Waals surface area contributed by atoms with E-state index in [1.54, 1.807) is 0 Å². The van der Waals surface area contributed by atoms with Gasteiger partial charge in [-0.15, -0.1) is 0 Å². The lowest BCUT2D eigenvalue weighted by Crippen LogP contribution is -2.50. The van der Waals surface area contributed by atoms with Crippen molar-refractivity contribution in [3.05, 3.63) is 63.2 Å². The highest BCUT2D eigenvalue weighted by atomic mass is 16.6. The van der Waals surface area contributed by atoms with Gasteiger partial charge in [-0.1, -0.05) is 25.0 Å². The maximum Gasteiger partial charge on any atom is 0.282 e. The Labute approximate surface area is 201 Å². The van der Waals surface area contributed by atoms with Crippen LogP contribution in [0.1, 0.15) is 58.9 Å². The van der Waals surface area contributed by atoms with Gasteiger partial charge in [-0.25, -0.2) is 0 Å². The molecule has 3 aliphatic rings. The van der Waals surface area contributed by atoms with Crippen LogP contribution in [-0.2, 0) is 10.2 Å². The van der Waals surface area contributed by atoms with E-state index < -0.39 is 34.4 Å². The summed E-state index contributed by atoms with van der Waals surface area (Å²) >= 11 is 0. The van der Waals surface area contributed by atoms with Crippen molar-refractivity contribution in [3.63, 3.8) is 0 Å². The summed E-state index contributed by atoms with van der Waals surface area (Å²) in [6, 6.07) is 8.63. The van der Waals surface area contributed by atoms with Crippen LogP contribution in [0.5, 0.6) is 11.5 Å². The van der Waals surface area contributed by atoms with Crippen molar-refractivity contribution >= 4 is 23.4 Å². The second kappa shape index (κ2) is 8.68. The number of benzene rings is 2. The molecule has 1 fully saturated rings. The van der Waals surface area contributed by atoms with Gasteiger partial charge < -0.3 is 14.8 Å². The molecule has 10 heteroatoms. The lowest BCUT2D eigenvalue weighted by atomic mass is 9.78. The summed E-state index contributed by atoms with van der Waals surface area (Å²) in [5, 5.41) is 14.3. The third kappa shape index (κ3) is 3.78. The first kappa shape index (κ1) is 22.8. The number of nitro groups is 1. The minimum atomic E-state index is -1.12. The number of imide groups is 1. The van der Waals surface area contributed by atoms with E-state index in [1.165, 1.54) is 25.1 Å². The Bertz CT molecular complexity index is 1240. The van der Waals surface area contributed by atoms with Crippen molar-refractivity contribution in [2.45, 2.75) is 44.1 Å². The molecule has 2 heterocycles. The summed E-state index contributed by atoms with van der Waals surface area (Å²) in [4.78, 5) is 50.4. The Morgan fingerprint density at radius 2 is 1.83 bits per heavy atom. The molecule has 10 nitrogen and oxygen atoms in total. The third-order valence-corrected chi connectivity index (χ3v) is 7.20. The van der Waals surface area contributed by atoms with Crippen LogP contribution in [0.2, 0.25) is 0 Å². The molecule has 182 valence electrons. The Hall–Kier alpha value is -3.95. The molecule has 1 saturated carbocycles. The molecule has 35 heavy (non-hydrogen) atoms. The second-order valence-corrected chi connectivity index (χ2v) is 9.18. The average Bonchev–Trinajstić information content (AvgIpc) is 3.45. The highest BCUT2D eigenvalue weighted by Gasteiger charge is 2.45. The number of amides is 3. The van der Waals surface area contributed by atoms with Gasteiger partial charge >= 0.3 is 0 Å². The number of nitro benzene ring substituents is 1. The first-order valence-corrected chi connectivity index (χ1v) is 11.7. The lowest BCUT2D eigenvalue weighted by molar-refractivity contribution is -0.385. The number of nitrogens with zero attached hydrogens (tertiary/aromatic N) is 2. The molecule has 3 amide bonds. The van der Waals surface area contributed by atoms with E-state index in [-0.39, 0.29) is 16.5 Å². The fraction of sp³-hybridized carbons (Fsp3) is 0.400. The number of hydrogen-bond donors (Lipinski definition) is 1. The summed E-state index contributed by atoms with van der Waals surface area (Å²) in [6.07, 6.45) is 3.78. The molecule has 5 rings (SSSR count). The van der Waals surface area contributed by atoms with E-state index in [0.29, 0.717) is 31.3 Å². The number of carbonyl (C=O) groups excluding carboxylic acids is 3. The van der Waals surface area contributed by atoms with E-state index in [9.17, 15) is 24.5 Å². The molecular weight excluding hydrogens is 454 g/mol. The van der Waals surface area contributed by atoms with Crippen LogP contribution in [-0.4, -0.2) is 53.3 Å². The van der Waals surface area contributed by atoms with Crippen molar-refractivity contribution in [2.75, 3.05) is 19.8 Å². The van der Waals surface area contributed by atoms with Crippen molar-refractivity contribution < 1.29 is 28.8 Å². The van der Waals surface area contributed by atoms with Crippen molar-refractivity contribution in [1.29, 1.82) is 0 Å². The first-order chi connectivity index (χ1) is 16.8. The highest BCUT2D eigenvalue weighted by molar-refractivity contribution is 6.24. The minimum absolute atomic E-state index is 0.0626. The SMILES string of the molecule is CC(C(=O)NCC1(c2ccc3c(c2)OCCO3)CCCC1)N1C(=O)c2cccc([N+](=O)[O-])c2C1=O. The Morgan fingerprint density at radius 3 is 2.54 bits per heavy atom. The number of rotatable bonds is 6. The first-order valence-electron chi connectivity index (χ1n) is 11.7. The Balaban J connectivity index is 1.34. The van der Waals surface area contributed by atoms with Gasteiger partial charge in [0.2, 0.25) is 5.91 Å². The molecule has 0 bridgehead atoms. The summed E-state index contributed by atoms with van der Waals surface area (Å²) in [5.41, 5.74) is -0.0347. The van der Waals surface area contributed by atoms with Crippen LogP contribution in [0.4, 0.5) is 5.69 Å². The predicted octanol–water partition coefficient (Wildman–Crippen LogP) is 2.98. The maximum atomic E-state index is 13.1. The molecule has 2 aromatic rings. The molecule has 1 atom stereocenters. The number of hydrogen-bond acceptors (Lipinski definition) is 7. The number of fused-ring (bicyclic) bond motifs is 2. The summed E-state index contributed by atoms with van der Waals surface area (Å²) in [5.74, 6) is -0.648. The van der Waals surface area contributed by atoms with E-state index in [4.69, 9.17) is 9.47 Å². The zero-order chi connectivity index (χ0) is 24.7. The van der Waals surface area contributed by atoms with Crippen LogP contribution in [0, 0.1) is 10.1 Å². The van der Waals surface area contributed by atoms with Gasteiger partial charge in [0.25, 0.3) is 17.5 Å². The standard InChI is InChI=1S/C25H25N3O7/c1-15(27-23(30)17-5-4-6-18(28(32)33)21(17)24(27)31)22(29)26-14-25(9-2-3-10-25)16-7-8-19-20(13-16)35-12-11-34-19/h4-8,13,15H,2-3,9-12,14H2,1H3,(H,26,29). The minimum Gasteiger partial charge on any atom is -0.486 e. The van der Waals surface area contributed by atoms with Gasteiger partial charge in [-0.2, -0.15) is 0 Å². The van der Waals surface area contributed by atoms with Crippen molar-refractivity contribution in [3.8, 4) is 11.5 Å². The van der Waals surface area contributed by atoms with Crippen molar-refractivity contribution in [2.24, 2.45) is 0 Å². The second-order valence-electron chi connectivity index (χ2n) is 9.18. The predicted molar refractivity (Wildman–Crippen MR) is 124 cm³/mol. The van der Waals surface area contributed by atoms with Gasteiger partial charge in [0.1, 0.15) is 24.8 Å². The summed E-state index contributed by atoms with van der Waals surface area (Å²) in [7, 11) is 0. The Kier molecular flexibility index (Phi) is 5.66. The number of nitrogens with one attached hydrogen (secondary N) is 1. The fourth-order valence-corrected chi connectivity index (χ4v) is 5.30. The zero-order valence-corrected chi connectivity index (χ0v) is 19.2. The fourth-order valence-electron chi connectivity index (χ4n) is 5.30.